The van der Waals surface area contributed by atoms with Gasteiger partial charge in [0, 0.05) is 12.7 Å². The molecule has 25 heavy (non-hydrogen) atoms. The number of thiazole rings is 1. The highest BCUT2D eigenvalue weighted by Gasteiger charge is 2.11. The summed E-state index contributed by atoms with van der Waals surface area (Å²) >= 11 is 1.65. The van der Waals surface area contributed by atoms with Crippen LogP contribution in [0.3, 0.4) is 0 Å². The molecule has 1 aliphatic rings. The second-order valence-corrected chi connectivity index (χ2v) is 7.40. The monoisotopic (exact) mass is 350 g/mol. The third-order valence-corrected chi connectivity index (χ3v) is 5.40. The van der Waals surface area contributed by atoms with Crippen molar-refractivity contribution in [2.24, 2.45) is 0 Å². The summed E-state index contributed by atoms with van der Waals surface area (Å²) in [5.74, 6) is 0.864. The van der Waals surface area contributed by atoms with Crippen LogP contribution in [-0.2, 0) is 6.54 Å². The van der Waals surface area contributed by atoms with Gasteiger partial charge in [0.05, 0.1) is 10.6 Å². The fraction of sp³-hybridized carbons (Fsp3) is 0.300. The van der Waals surface area contributed by atoms with Crippen LogP contribution in [0.25, 0.3) is 10.4 Å². The maximum Gasteiger partial charge on any atom is 0.188 e. The smallest absolute Gasteiger partial charge is 0.188 e. The van der Waals surface area contributed by atoms with Gasteiger partial charge < -0.3 is 5.32 Å². The number of aromatic nitrogens is 2. The molecule has 0 atom stereocenters. The summed E-state index contributed by atoms with van der Waals surface area (Å²) < 4.78 is 0. The van der Waals surface area contributed by atoms with E-state index in [9.17, 15) is 0 Å². The predicted octanol–water partition coefficient (Wildman–Crippen LogP) is 4.93. The zero-order chi connectivity index (χ0) is 16.9. The van der Waals surface area contributed by atoms with E-state index < -0.39 is 0 Å². The third kappa shape index (κ3) is 4.24. The van der Waals surface area contributed by atoms with E-state index in [1.165, 1.54) is 37.9 Å². The second kappa shape index (κ2) is 7.76. The molecule has 0 bridgehead atoms. The Labute approximate surface area is 152 Å². The lowest BCUT2D eigenvalue weighted by Gasteiger charge is -2.26. The molecule has 1 aliphatic heterocycles. The third-order valence-electron chi connectivity index (χ3n) is 4.44. The first kappa shape index (κ1) is 16.2. The van der Waals surface area contributed by atoms with Gasteiger partial charge in [0.15, 0.2) is 5.13 Å². The lowest BCUT2D eigenvalue weighted by atomic mass is 10.1. The van der Waals surface area contributed by atoms with E-state index >= 15 is 0 Å². The summed E-state index contributed by atoms with van der Waals surface area (Å²) in [7, 11) is 0. The Balaban J connectivity index is 1.44. The number of nitrogens with zero attached hydrogens (tertiary/aromatic N) is 3. The SMILES string of the molecule is c1ccc(-c2cnc(Nc3cccc(CN4CCCCC4)n3)s2)cc1. The summed E-state index contributed by atoms with van der Waals surface area (Å²) in [5, 5.41) is 4.23. The Kier molecular flexibility index (Phi) is 5.04. The number of likely N-dealkylation sites (tertiary alicyclic amines) is 1. The van der Waals surface area contributed by atoms with Gasteiger partial charge in [-0.05, 0) is 43.6 Å². The molecular weight excluding hydrogens is 328 g/mol. The molecule has 0 radical (unpaired) electrons. The average molecular weight is 350 g/mol. The number of benzene rings is 1. The highest BCUT2D eigenvalue weighted by atomic mass is 32.1. The van der Waals surface area contributed by atoms with Gasteiger partial charge in [-0.2, -0.15) is 0 Å². The van der Waals surface area contributed by atoms with E-state index in [-0.39, 0.29) is 0 Å². The highest BCUT2D eigenvalue weighted by molar-refractivity contribution is 7.18. The molecule has 0 saturated carbocycles. The number of anilines is 2. The van der Waals surface area contributed by atoms with Crippen molar-refractivity contribution >= 4 is 22.3 Å². The van der Waals surface area contributed by atoms with Crippen molar-refractivity contribution < 1.29 is 0 Å². The van der Waals surface area contributed by atoms with Crippen LogP contribution in [0.5, 0.6) is 0 Å². The first-order valence-electron chi connectivity index (χ1n) is 8.83. The first-order valence-corrected chi connectivity index (χ1v) is 9.65. The van der Waals surface area contributed by atoms with Crippen LogP contribution in [0, 0.1) is 0 Å². The van der Waals surface area contributed by atoms with Crippen LogP contribution in [0.1, 0.15) is 25.0 Å². The number of rotatable bonds is 5. The Morgan fingerprint density at radius 3 is 2.64 bits per heavy atom. The molecule has 1 fully saturated rings. The largest absolute Gasteiger partial charge is 0.316 e. The summed E-state index contributed by atoms with van der Waals surface area (Å²) in [4.78, 5) is 12.9. The van der Waals surface area contributed by atoms with Crippen LogP contribution in [-0.4, -0.2) is 28.0 Å². The number of piperidine rings is 1. The van der Waals surface area contributed by atoms with E-state index in [1.54, 1.807) is 11.3 Å². The summed E-state index contributed by atoms with van der Waals surface area (Å²) in [5.41, 5.74) is 2.31. The second-order valence-electron chi connectivity index (χ2n) is 6.37. The quantitative estimate of drug-likeness (QED) is 0.708. The van der Waals surface area contributed by atoms with Gasteiger partial charge in [-0.25, -0.2) is 9.97 Å². The van der Waals surface area contributed by atoms with Gasteiger partial charge in [0.2, 0.25) is 0 Å². The van der Waals surface area contributed by atoms with Crippen molar-refractivity contribution in [2.45, 2.75) is 25.8 Å². The van der Waals surface area contributed by atoms with Gasteiger partial charge in [-0.3, -0.25) is 4.90 Å². The Morgan fingerprint density at radius 1 is 0.960 bits per heavy atom. The molecule has 0 aliphatic carbocycles. The summed E-state index contributed by atoms with van der Waals surface area (Å²) in [6.07, 6.45) is 5.89. The molecule has 5 heteroatoms. The van der Waals surface area contributed by atoms with Crippen molar-refractivity contribution in [1.82, 2.24) is 14.9 Å². The van der Waals surface area contributed by atoms with Crippen LogP contribution < -0.4 is 5.32 Å². The fourth-order valence-corrected chi connectivity index (χ4v) is 3.99. The minimum Gasteiger partial charge on any atom is -0.316 e. The Morgan fingerprint density at radius 2 is 1.80 bits per heavy atom. The molecule has 0 spiro atoms. The number of pyridine rings is 1. The molecule has 3 heterocycles. The van der Waals surface area contributed by atoms with E-state index in [4.69, 9.17) is 4.98 Å². The van der Waals surface area contributed by atoms with Gasteiger partial charge in [-0.15, -0.1) is 0 Å². The van der Waals surface area contributed by atoms with Crippen molar-refractivity contribution in [1.29, 1.82) is 0 Å². The molecule has 0 amide bonds. The Hall–Kier alpha value is -2.24. The topological polar surface area (TPSA) is 41.1 Å². The lowest BCUT2D eigenvalue weighted by Crippen LogP contribution is -2.29. The molecule has 1 N–H and O–H groups in total. The molecule has 128 valence electrons. The fourth-order valence-electron chi connectivity index (χ4n) is 3.16. The first-order chi connectivity index (χ1) is 12.4. The standard InChI is InChI=1S/C20H22N4S/c1-3-8-16(9-4-1)18-14-21-20(25-18)23-19-11-7-10-17(22-19)15-24-12-5-2-6-13-24/h1,3-4,7-11,14H,2,5-6,12-13,15H2,(H,21,22,23). The van der Waals surface area contributed by atoms with Crippen LogP contribution in [0.15, 0.2) is 54.7 Å². The maximum absolute atomic E-state index is 4.76. The highest BCUT2D eigenvalue weighted by Crippen LogP contribution is 2.30. The normalized spacial score (nSPS) is 15.2. The van der Waals surface area contributed by atoms with Crippen molar-refractivity contribution in [3.8, 4) is 10.4 Å². The molecule has 4 rings (SSSR count). The predicted molar refractivity (Wildman–Crippen MR) is 104 cm³/mol. The maximum atomic E-state index is 4.76. The average Bonchev–Trinajstić information content (AvgIpc) is 3.12. The van der Waals surface area contributed by atoms with Crippen LogP contribution >= 0.6 is 11.3 Å². The summed E-state index contributed by atoms with van der Waals surface area (Å²) in [6.45, 7) is 3.31. The van der Waals surface area contributed by atoms with Gasteiger partial charge >= 0.3 is 0 Å². The molecule has 4 nitrogen and oxygen atoms in total. The van der Waals surface area contributed by atoms with E-state index in [2.05, 4.69) is 39.5 Å². The van der Waals surface area contributed by atoms with Gasteiger partial charge in [0.25, 0.3) is 0 Å². The molecular formula is C20H22N4S. The van der Waals surface area contributed by atoms with E-state index in [0.29, 0.717) is 0 Å². The van der Waals surface area contributed by atoms with Gasteiger partial charge in [0.1, 0.15) is 5.82 Å². The zero-order valence-electron chi connectivity index (χ0n) is 14.2. The number of nitrogens with one attached hydrogen (secondary N) is 1. The molecule has 2 aromatic heterocycles. The van der Waals surface area contributed by atoms with Gasteiger partial charge in [-0.1, -0.05) is 54.2 Å². The van der Waals surface area contributed by atoms with Crippen molar-refractivity contribution in [2.75, 3.05) is 18.4 Å². The molecule has 1 aromatic carbocycles. The molecule has 1 saturated heterocycles. The Bertz CT molecular complexity index is 809. The summed E-state index contributed by atoms with van der Waals surface area (Å²) in [6, 6.07) is 16.5. The minimum absolute atomic E-state index is 0.864. The van der Waals surface area contributed by atoms with E-state index in [1.807, 2.05) is 30.5 Å². The van der Waals surface area contributed by atoms with Crippen LogP contribution in [0.4, 0.5) is 10.9 Å². The zero-order valence-corrected chi connectivity index (χ0v) is 15.0. The number of hydrogen-bond acceptors (Lipinski definition) is 5. The van der Waals surface area contributed by atoms with Crippen molar-refractivity contribution in [3.05, 3.63) is 60.4 Å². The molecule has 0 unspecified atom stereocenters. The van der Waals surface area contributed by atoms with Crippen molar-refractivity contribution in [3.63, 3.8) is 0 Å². The lowest BCUT2D eigenvalue weighted by molar-refractivity contribution is 0.218. The number of hydrogen-bond donors (Lipinski definition) is 1. The molecule has 3 aromatic rings. The van der Waals surface area contributed by atoms with E-state index in [0.717, 1.165) is 28.1 Å². The van der Waals surface area contributed by atoms with Crippen LogP contribution in [0.2, 0.25) is 0 Å². The minimum atomic E-state index is 0.864.